The van der Waals surface area contributed by atoms with Crippen LogP contribution in [-0.2, 0) is 6.18 Å². The van der Waals surface area contributed by atoms with Gasteiger partial charge in [-0.05, 0) is 31.2 Å². The Balaban J connectivity index is 1.55. The number of thiophene rings is 1. The molecule has 5 nitrogen and oxygen atoms in total. The first kappa shape index (κ1) is 18.5. The van der Waals surface area contributed by atoms with Crippen molar-refractivity contribution in [2.24, 2.45) is 0 Å². The van der Waals surface area contributed by atoms with Gasteiger partial charge < -0.3 is 9.80 Å². The minimum absolute atomic E-state index is 0.0427. The van der Waals surface area contributed by atoms with Crippen molar-refractivity contribution in [3.05, 3.63) is 46.6 Å². The first-order chi connectivity index (χ1) is 13.4. The molecule has 0 atom stereocenters. The highest BCUT2D eigenvalue weighted by molar-refractivity contribution is 7.18. The van der Waals surface area contributed by atoms with E-state index in [-0.39, 0.29) is 5.56 Å². The zero-order valence-electron chi connectivity index (χ0n) is 15.0. The minimum atomic E-state index is -4.46. The second kappa shape index (κ2) is 6.95. The molecule has 9 heteroatoms. The second-order valence-electron chi connectivity index (χ2n) is 6.59. The summed E-state index contributed by atoms with van der Waals surface area (Å²) < 4.78 is 38.7. The molecule has 0 radical (unpaired) electrons. The van der Waals surface area contributed by atoms with Crippen LogP contribution < -0.4 is 9.80 Å². The van der Waals surface area contributed by atoms with Crippen LogP contribution in [0.25, 0.3) is 10.2 Å². The van der Waals surface area contributed by atoms with Gasteiger partial charge in [0.1, 0.15) is 23.0 Å². The number of anilines is 2. The molecule has 1 aliphatic rings. The van der Waals surface area contributed by atoms with E-state index in [1.807, 2.05) is 17.9 Å². The number of nitrogens with zero attached hydrogens (tertiary/aromatic N) is 5. The molecule has 1 saturated heterocycles. The average Bonchev–Trinajstić information content (AvgIpc) is 3.07. The predicted octanol–water partition coefficient (Wildman–Crippen LogP) is 4.22. The Morgan fingerprint density at radius 3 is 2.46 bits per heavy atom. The van der Waals surface area contributed by atoms with Crippen LogP contribution in [-0.4, -0.2) is 36.1 Å². The molecular weight excluding hydrogens is 387 g/mol. The number of hydrogen-bond donors (Lipinski definition) is 0. The highest BCUT2D eigenvalue weighted by atomic mass is 32.1. The first-order valence-corrected chi connectivity index (χ1v) is 9.51. The third-order valence-corrected chi connectivity index (χ3v) is 5.75. The van der Waals surface area contributed by atoms with E-state index in [0.717, 1.165) is 28.2 Å². The fourth-order valence-corrected chi connectivity index (χ4v) is 4.29. The fraction of sp³-hybridized carbons (Fsp3) is 0.316. The summed E-state index contributed by atoms with van der Waals surface area (Å²) in [6.45, 7) is 4.53. The quantitative estimate of drug-likeness (QED) is 0.641. The smallest absolute Gasteiger partial charge is 0.367 e. The van der Waals surface area contributed by atoms with Crippen LogP contribution >= 0.6 is 11.3 Å². The summed E-state index contributed by atoms with van der Waals surface area (Å²) in [7, 11) is 0. The van der Waals surface area contributed by atoms with Gasteiger partial charge in [0.25, 0.3) is 0 Å². The van der Waals surface area contributed by atoms with Gasteiger partial charge in [0.15, 0.2) is 0 Å². The van der Waals surface area contributed by atoms with Crippen molar-refractivity contribution in [2.75, 3.05) is 36.0 Å². The molecule has 0 saturated carbocycles. The minimum Gasteiger partial charge on any atom is -0.367 e. The topological polar surface area (TPSA) is 56.0 Å². The van der Waals surface area contributed by atoms with Crippen LogP contribution in [0.2, 0.25) is 0 Å². The van der Waals surface area contributed by atoms with Crippen LogP contribution in [0.1, 0.15) is 16.0 Å². The van der Waals surface area contributed by atoms with E-state index in [0.29, 0.717) is 31.9 Å². The molecule has 1 aliphatic heterocycles. The maximum absolute atomic E-state index is 12.9. The molecule has 2 aromatic heterocycles. The van der Waals surface area contributed by atoms with Gasteiger partial charge in [-0.2, -0.15) is 18.4 Å². The zero-order chi connectivity index (χ0) is 19.9. The van der Waals surface area contributed by atoms with Gasteiger partial charge in [0.05, 0.1) is 22.2 Å². The van der Waals surface area contributed by atoms with Crippen LogP contribution in [0.4, 0.5) is 24.7 Å². The molecule has 0 bridgehead atoms. The van der Waals surface area contributed by atoms with Crippen molar-refractivity contribution in [3.8, 4) is 6.07 Å². The highest BCUT2D eigenvalue weighted by Gasteiger charge is 2.32. The molecule has 0 spiro atoms. The van der Waals surface area contributed by atoms with Gasteiger partial charge >= 0.3 is 6.18 Å². The Morgan fingerprint density at radius 1 is 1.07 bits per heavy atom. The molecular formula is C19H16F3N5S. The summed E-state index contributed by atoms with van der Waals surface area (Å²) in [6, 6.07) is 7.32. The van der Waals surface area contributed by atoms with Crippen LogP contribution in [0.5, 0.6) is 0 Å². The lowest BCUT2D eigenvalue weighted by atomic mass is 10.1. The van der Waals surface area contributed by atoms with E-state index >= 15 is 0 Å². The summed E-state index contributed by atoms with van der Waals surface area (Å²) in [6.07, 6.45) is -2.90. The number of halogens is 3. The molecule has 0 N–H and O–H groups in total. The summed E-state index contributed by atoms with van der Waals surface area (Å²) in [5, 5.41) is 10.3. The van der Waals surface area contributed by atoms with Gasteiger partial charge in [-0.25, -0.2) is 9.97 Å². The van der Waals surface area contributed by atoms with Gasteiger partial charge in [0, 0.05) is 31.1 Å². The number of hydrogen-bond acceptors (Lipinski definition) is 6. The normalized spacial score (nSPS) is 15.1. The molecule has 3 aromatic rings. The molecule has 1 aromatic carbocycles. The number of aromatic nitrogens is 2. The summed E-state index contributed by atoms with van der Waals surface area (Å²) in [5.74, 6) is 0.877. The monoisotopic (exact) mass is 403 g/mol. The fourth-order valence-electron chi connectivity index (χ4n) is 3.45. The van der Waals surface area contributed by atoms with Crippen LogP contribution in [0, 0.1) is 18.3 Å². The largest absolute Gasteiger partial charge is 0.416 e. The molecule has 4 rings (SSSR count). The van der Waals surface area contributed by atoms with Crippen LogP contribution in [0.15, 0.2) is 30.6 Å². The van der Waals surface area contributed by atoms with Crippen molar-refractivity contribution in [3.63, 3.8) is 0 Å². The summed E-state index contributed by atoms with van der Waals surface area (Å²) in [5.41, 5.74) is -0.224. The maximum Gasteiger partial charge on any atom is 0.416 e. The highest BCUT2D eigenvalue weighted by Crippen LogP contribution is 2.34. The number of aryl methyl sites for hydroxylation is 1. The Morgan fingerprint density at radius 2 is 1.79 bits per heavy atom. The first-order valence-electron chi connectivity index (χ1n) is 8.69. The van der Waals surface area contributed by atoms with Crippen molar-refractivity contribution < 1.29 is 13.2 Å². The molecule has 1 fully saturated rings. The van der Waals surface area contributed by atoms with E-state index in [2.05, 4.69) is 20.9 Å². The molecule has 0 aliphatic carbocycles. The lowest BCUT2D eigenvalue weighted by Crippen LogP contribution is -2.47. The van der Waals surface area contributed by atoms with Crippen molar-refractivity contribution >= 4 is 33.1 Å². The summed E-state index contributed by atoms with van der Waals surface area (Å²) >= 11 is 1.62. The van der Waals surface area contributed by atoms with Crippen molar-refractivity contribution in [1.82, 2.24) is 9.97 Å². The van der Waals surface area contributed by atoms with Crippen molar-refractivity contribution in [2.45, 2.75) is 13.1 Å². The van der Waals surface area contributed by atoms with E-state index in [4.69, 9.17) is 0 Å². The van der Waals surface area contributed by atoms with E-state index in [9.17, 15) is 18.4 Å². The van der Waals surface area contributed by atoms with Gasteiger partial charge in [-0.3, -0.25) is 0 Å². The van der Waals surface area contributed by atoms with Gasteiger partial charge in [-0.1, -0.05) is 0 Å². The van der Waals surface area contributed by atoms with Gasteiger partial charge in [0.2, 0.25) is 0 Å². The molecule has 28 heavy (non-hydrogen) atoms. The Labute approximate surface area is 163 Å². The van der Waals surface area contributed by atoms with E-state index < -0.39 is 11.7 Å². The Bertz CT molecular complexity index is 1060. The molecule has 3 heterocycles. The third-order valence-electron chi connectivity index (χ3n) is 4.80. The van der Waals surface area contributed by atoms with Crippen LogP contribution in [0.3, 0.4) is 0 Å². The number of piperazine rings is 1. The lowest BCUT2D eigenvalue weighted by molar-refractivity contribution is -0.137. The Hall–Kier alpha value is -2.86. The molecule has 144 valence electrons. The lowest BCUT2D eigenvalue weighted by Gasteiger charge is -2.37. The standard InChI is InChI=1S/C19H16F3N5S/c1-12-8-15-17(24-11-25-18(15)28-12)27-6-4-26(5-7-27)16-3-2-14(19(20,21)22)9-13(16)10-23/h2-3,8-9,11H,4-7H2,1H3. The van der Waals surface area contributed by atoms with E-state index in [1.54, 1.807) is 17.7 Å². The van der Waals surface area contributed by atoms with Gasteiger partial charge in [-0.15, -0.1) is 11.3 Å². The number of nitriles is 1. The van der Waals surface area contributed by atoms with E-state index in [1.165, 1.54) is 10.9 Å². The molecule has 0 amide bonds. The summed E-state index contributed by atoms with van der Waals surface area (Å²) in [4.78, 5) is 15.0. The van der Waals surface area contributed by atoms with Crippen molar-refractivity contribution in [1.29, 1.82) is 5.26 Å². The average molecular weight is 403 g/mol. The molecule has 0 unspecified atom stereocenters. The number of benzene rings is 1. The number of rotatable bonds is 2. The predicted molar refractivity (Wildman–Crippen MR) is 103 cm³/mol. The number of alkyl halides is 3. The Kier molecular flexibility index (Phi) is 4.59. The maximum atomic E-state index is 12.9. The third kappa shape index (κ3) is 3.36. The number of fused-ring (bicyclic) bond motifs is 1. The SMILES string of the molecule is Cc1cc2c(N3CCN(c4ccc(C(F)(F)F)cc4C#N)CC3)ncnc2s1. The second-order valence-corrected chi connectivity index (χ2v) is 7.82. The zero-order valence-corrected chi connectivity index (χ0v) is 15.8.